The number of carbonyl (C=O) groups is 2. The van der Waals surface area contributed by atoms with Crippen LogP contribution in [0.25, 0.3) is 0 Å². The van der Waals surface area contributed by atoms with Crippen LogP contribution in [0, 0.1) is 6.92 Å². The highest BCUT2D eigenvalue weighted by molar-refractivity contribution is 6.02. The van der Waals surface area contributed by atoms with Crippen LogP contribution in [0.5, 0.6) is 0 Å². The molecule has 5 nitrogen and oxygen atoms in total. The van der Waals surface area contributed by atoms with Gasteiger partial charge in [0.2, 0.25) is 11.8 Å². The molecule has 1 unspecified atom stereocenters. The molecule has 0 spiro atoms. The molecule has 28 heavy (non-hydrogen) atoms. The number of hydrogen-bond donors (Lipinski definition) is 1. The molecule has 2 aromatic carbocycles. The number of anilines is 2. The van der Waals surface area contributed by atoms with Gasteiger partial charge in [-0.15, -0.1) is 0 Å². The van der Waals surface area contributed by atoms with Crippen molar-refractivity contribution in [3.8, 4) is 0 Å². The van der Waals surface area contributed by atoms with Gasteiger partial charge in [0.05, 0.1) is 17.9 Å². The monoisotopic (exact) mass is 377 g/mol. The summed E-state index contributed by atoms with van der Waals surface area (Å²) in [6.07, 6.45) is 3.63. The van der Waals surface area contributed by atoms with E-state index < -0.39 is 0 Å². The minimum absolute atomic E-state index is 0.0290. The molecule has 2 fully saturated rings. The number of para-hydroxylation sites is 2. The lowest BCUT2D eigenvalue weighted by Gasteiger charge is -2.25. The van der Waals surface area contributed by atoms with Gasteiger partial charge in [-0.3, -0.25) is 14.5 Å². The third-order valence-corrected chi connectivity index (χ3v) is 5.68. The van der Waals surface area contributed by atoms with Crippen LogP contribution >= 0.6 is 0 Å². The van der Waals surface area contributed by atoms with Crippen molar-refractivity contribution < 1.29 is 9.59 Å². The molecule has 0 saturated carbocycles. The number of benzene rings is 2. The van der Waals surface area contributed by atoms with E-state index in [0.717, 1.165) is 31.5 Å². The molecule has 0 bridgehead atoms. The third-order valence-electron chi connectivity index (χ3n) is 5.68. The maximum atomic E-state index is 12.8. The predicted octanol–water partition coefficient (Wildman–Crippen LogP) is 3.90. The minimum Gasteiger partial charge on any atom is -0.323 e. The molecule has 146 valence electrons. The van der Waals surface area contributed by atoms with Gasteiger partial charge in [0.15, 0.2) is 0 Å². The zero-order chi connectivity index (χ0) is 19.5. The number of amides is 2. The lowest BCUT2D eigenvalue weighted by molar-refractivity contribution is -0.118. The Morgan fingerprint density at radius 2 is 1.96 bits per heavy atom. The number of rotatable bonds is 5. The topological polar surface area (TPSA) is 52.7 Å². The van der Waals surface area contributed by atoms with Crippen molar-refractivity contribution in [2.75, 3.05) is 29.9 Å². The van der Waals surface area contributed by atoms with Gasteiger partial charge >= 0.3 is 0 Å². The van der Waals surface area contributed by atoms with E-state index in [1.165, 1.54) is 11.1 Å². The standard InChI is InChI=1S/C23H27N3O2/c1-17-7-4-8-18(15-17)20-11-5-13-25(20)16-22(27)24-19-9-2-3-10-21(19)26-14-6-12-23(26)28/h2-4,7-10,15,20H,5-6,11-14,16H2,1H3,(H,24,27). The maximum Gasteiger partial charge on any atom is 0.238 e. The maximum absolute atomic E-state index is 12.8. The zero-order valence-electron chi connectivity index (χ0n) is 16.4. The predicted molar refractivity (Wildman–Crippen MR) is 111 cm³/mol. The van der Waals surface area contributed by atoms with Crippen LogP contribution in [0.3, 0.4) is 0 Å². The van der Waals surface area contributed by atoms with E-state index in [1.807, 2.05) is 24.3 Å². The molecule has 2 aromatic rings. The van der Waals surface area contributed by atoms with Gasteiger partial charge in [0.25, 0.3) is 0 Å². The van der Waals surface area contributed by atoms with Crippen LogP contribution in [0.15, 0.2) is 48.5 Å². The van der Waals surface area contributed by atoms with Gasteiger partial charge < -0.3 is 10.2 Å². The Morgan fingerprint density at radius 1 is 1.11 bits per heavy atom. The Morgan fingerprint density at radius 3 is 2.75 bits per heavy atom. The first-order valence-electron chi connectivity index (χ1n) is 10.1. The quantitative estimate of drug-likeness (QED) is 0.860. The van der Waals surface area contributed by atoms with Crippen LogP contribution in [0.2, 0.25) is 0 Å². The zero-order valence-corrected chi connectivity index (χ0v) is 16.4. The van der Waals surface area contributed by atoms with Crippen molar-refractivity contribution in [2.24, 2.45) is 0 Å². The van der Waals surface area contributed by atoms with Crippen LogP contribution in [-0.4, -0.2) is 36.3 Å². The number of nitrogens with one attached hydrogen (secondary N) is 1. The van der Waals surface area contributed by atoms with Crippen molar-refractivity contribution in [3.63, 3.8) is 0 Å². The van der Waals surface area contributed by atoms with E-state index in [1.54, 1.807) is 4.90 Å². The highest BCUT2D eigenvalue weighted by Crippen LogP contribution is 2.33. The average molecular weight is 377 g/mol. The summed E-state index contributed by atoms with van der Waals surface area (Å²) in [6.45, 7) is 4.11. The Balaban J connectivity index is 1.45. The Labute approximate surface area is 166 Å². The number of likely N-dealkylation sites (tertiary alicyclic amines) is 1. The third kappa shape index (κ3) is 3.94. The Hall–Kier alpha value is -2.66. The molecule has 0 radical (unpaired) electrons. The molecule has 2 amide bonds. The smallest absolute Gasteiger partial charge is 0.238 e. The number of nitrogens with zero attached hydrogens (tertiary/aromatic N) is 2. The molecule has 2 saturated heterocycles. The van der Waals surface area contributed by atoms with Gasteiger partial charge in [-0.25, -0.2) is 0 Å². The number of aryl methyl sites for hydroxylation is 1. The fourth-order valence-corrected chi connectivity index (χ4v) is 4.36. The van der Waals surface area contributed by atoms with Crippen LogP contribution in [-0.2, 0) is 9.59 Å². The fourth-order valence-electron chi connectivity index (χ4n) is 4.36. The Bertz CT molecular complexity index is 880. The summed E-state index contributed by atoms with van der Waals surface area (Å²) in [4.78, 5) is 29.0. The summed E-state index contributed by atoms with van der Waals surface area (Å²) in [5.74, 6) is 0.0967. The summed E-state index contributed by atoms with van der Waals surface area (Å²) in [7, 11) is 0. The highest BCUT2D eigenvalue weighted by Gasteiger charge is 2.28. The molecule has 1 atom stereocenters. The molecule has 1 N–H and O–H groups in total. The normalized spacial score (nSPS) is 20.0. The van der Waals surface area contributed by atoms with Crippen molar-refractivity contribution >= 4 is 23.2 Å². The molecule has 2 heterocycles. The fraction of sp³-hybridized carbons (Fsp3) is 0.391. The van der Waals surface area contributed by atoms with Gasteiger partial charge in [0.1, 0.15) is 0 Å². The van der Waals surface area contributed by atoms with Crippen molar-refractivity contribution in [3.05, 3.63) is 59.7 Å². The van der Waals surface area contributed by atoms with E-state index in [4.69, 9.17) is 0 Å². The van der Waals surface area contributed by atoms with E-state index in [9.17, 15) is 9.59 Å². The van der Waals surface area contributed by atoms with Crippen LogP contribution < -0.4 is 10.2 Å². The van der Waals surface area contributed by atoms with Crippen LogP contribution in [0.1, 0.15) is 42.9 Å². The van der Waals surface area contributed by atoms with Crippen LogP contribution in [0.4, 0.5) is 11.4 Å². The minimum atomic E-state index is -0.0290. The molecule has 5 heteroatoms. The highest BCUT2D eigenvalue weighted by atomic mass is 16.2. The second-order valence-corrected chi connectivity index (χ2v) is 7.76. The van der Waals surface area contributed by atoms with Crippen molar-refractivity contribution in [2.45, 2.75) is 38.6 Å². The molecule has 4 rings (SSSR count). The first-order valence-corrected chi connectivity index (χ1v) is 10.1. The van der Waals surface area contributed by atoms with E-state index in [-0.39, 0.29) is 11.8 Å². The number of hydrogen-bond acceptors (Lipinski definition) is 3. The van der Waals surface area contributed by atoms with E-state index in [2.05, 4.69) is 41.4 Å². The molecular weight excluding hydrogens is 350 g/mol. The first-order chi connectivity index (χ1) is 13.6. The molecular formula is C23H27N3O2. The van der Waals surface area contributed by atoms with Gasteiger partial charge in [-0.2, -0.15) is 0 Å². The summed E-state index contributed by atoms with van der Waals surface area (Å²) < 4.78 is 0. The van der Waals surface area contributed by atoms with E-state index >= 15 is 0 Å². The molecule has 0 aliphatic carbocycles. The van der Waals surface area contributed by atoms with Crippen molar-refractivity contribution in [1.82, 2.24) is 4.90 Å². The number of carbonyl (C=O) groups excluding carboxylic acids is 2. The summed E-state index contributed by atoms with van der Waals surface area (Å²) in [6, 6.07) is 16.4. The van der Waals surface area contributed by atoms with Gasteiger partial charge in [-0.1, -0.05) is 42.0 Å². The van der Waals surface area contributed by atoms with Gasteiger partial charge in [-0.05, 0) is 50.4 Å². The average Bonchev–Trinajstić information content (AvgIpc) is 3.31. The first kappa shape index (κ1) is 18.7. The lowest BCUT2D eigenvalue weighted by Crippen LogP contribution is -2.33. The lowest BCUT2D eigenvalue weighted by atomic mass is 10.0. The molecule has 2 aliphatic rings. The summed E-state index contributed by atoms with van der Waals surface area (Å²) >= 11 is 0. The second kappa shape index (κ2) is 8.15. The summed E-state index contributed by atoms with van der Waals surface area (Å²) in [5, 5.41) is 3.04. The second-order valence-electron chi connectivity index (χ2n) is 7.76. The Kier molecular flexibility index (Phi) is 5.44. The largest absolute Gasteiger partial charge is 0.323 e. The van der Waals surface area contributed by atoms with Crippen molar-refractivity contribution in [1.29, 1.82) is 0 Å². The SMILES string of the molecule is Cc1cccc(C2CCCN2CC(=O)Nc2ccccc2N2CCCC2=O)c1. The molecule has 0 aromatic heterocycles. The van der Waals surface area contributed by atoms with E-state index in [0.29, 0.717) is 31.2 Å². The summed E-state index contributed by atoms with van der Waals surface area (Å²) in [5.41, 5.74) is 4.05. The van der Waals surface area contributed by atoms with Gasteiger partial charge in [0, 0.05) is 19.0 Å². The molecule has 2 aliphatic heterocycles.